The summed E-state index contributed by atoms with van der Waals surface area (Å²) < 4.78 is 5.54. The molecule has 7 heteroatoms. The molecule has 0 atom stereocenters. The molecule has 0 saturated heterocycles. The number of para-hydroxylation sites is 1. The van der Waals surface area contributed by atoms with Crippen LogP contribution in [0.1, 0.15) is 11.1 Å². The summed E-state index contributed by atoms with van der Waals surface area (Å²) in [5, 5.41) is 20.9. The third-order valence-corrected chi connectivity index (χ3v) is 3.36. The van der Waals surface area contributed by atoms with Crippen LogP contribution in [-0.4, -0.2) is 10.0 Å². The van der Waals surface area contributed by atoms with E-state index in [1.807, 2.05) is 0 Å². The van der Waals surface area contributed by atoms with E-state index in [9.17, 15) is 15.2 Å². The molecule has 0 aliphatic rings. The van der Waals surface area contributed by atoms with Gasteiger partial charge in [-0.25, -0.2) is 0 Å². The van der Waals surface area contributed by atoms with Gasteiger partial charge in [-0.05, 0) is 18.2 Å². The highest BCUT2D eigenvalue weighted by atomic mass is 35.5. The lowest BCUT2D eigenvalue weighted by molar-refractivity contribution is -0.385. The summed E-state index contributed by atoms with van der Waals surface area (Å²) in [6.45, 7) is -0.318. The minimum absolute atomic E-state index is 0.0758. The SMILES string of the molecule is O=[N+]([O-])c1ccc(Cl)cc1COc1c(Cl)cccc1CO. The number of benzene rings is 2. The molecule has 110 valence electrons. The Balaban J connectivity index is 2.28. The van der Waals surface area contributed by atoms with Crippen LogP contribution in [0.4, 0.5) is 5.69 Å². The number of nitrogens with zero attached hydrogens (tertiary/aromatic N) is 1. The number of hydrogen-bond acceptors (Lipinski definition) is 4. The molecule has 0 fully saturated rings. The maximum atomic E-state index is 11.0. The van der Waals surface area contributed by atoms with Gasteiger partial charge in [-0.15, -0.1) is 0 Å². The van der Waals surface area contributed by atoms with Gasteiger partial charge in [0.25, 0.3) is 5.69 Å². The van der Waals surface area contributed by atoms with Gasteiger partial charge in [-0.1, -0.05) is 35.3 Å². The normalized spacial score (nSPS) is 10.4. The van der Waals surface area contributed by atoms with Gasteiger partial charge < -0.3 is 9.84 Å². The number of nitro groups is 1. The summed E-state index contributed by atoms with van der Waals surface area (Å²) in [5.41, 5.74) is 0.750. The molecule has 0 spiro atoms. The Labute approximate surface area is 130 Å². The first-order valence-electron chi connectivity index (χ1n) is 5.96. The van der Waals surface area contributed by atoms with Crippen LogP contribution >= 0.6 is 23.2 Å². The first kappa shape index (κ1) is 15.6. The van der Waals surface area contributed by atoms with Crippen molar-refractivity contribution in [1.29, 1.82) is 0 Å². The van der Waals surface area contributed by atoms with E-state index in [2.05, 4.69) is 0 Å². The minimum atomic E-state index is -0.505. The highest BCUT2D eigenvalue weighted by Crippen LogP contribution is 2.31. The molecule has 0 radical (unpaired) electrons. The molecule has 0 unspecified atom stereocenters. The zero-order chi connectivity index (χ0) is 15.4. The van der Waals surface area contributed by atoms with Crippen molar-refractivity contribution < 1.29 is 14.8 Å². The van der Waals surface area contributed by atoms with Crippen molar-refractivity contribution >= 4 is 28.9 Å². The molecular weight excluding hydrogens is 317 g/mol. The van der Waals surface area contributed by atoms with Crippen LogP contribution in [-0.2, 0) is 13.2 Å². The zero-order valence-corrected chi connectivity index (χ0v) is 12.3. The Hall–Kier alpha value is -1.82. The van der Waals surface area contributed by atoms with Crippen molar-refractivity contribution in [1.82, 2.24) is 0 Å². The second-order valence-electron chi connectivity index (χ2n) is 4.21. The van der Waals surface area contributed by atoms with Gasteiger partial charge in [0.2, 0.25) is 0 Å². The molecule has 21 heavy (non-hydrogen) atoms. The number of ether oxygens (including phenoxy) is 1. The molecule has 0 bridgehead atoms. The van der Waals surface area contributed by atoms with Gasteiger partial charge >= 0.3 is 0 Å². The average Bonchev–Trinajstić information content (AvgIpc) is 2.45. The predicted molar refractivity (Wildman–Crippen MR) is 79.8 cm³/mol. The van der Waals surface area contributed by atoms with Crippen molar-refractivity contribution in [3.05, 3.63) is 67.7 Å². The Bertz CT molecular complexity index is 676. The van der Waals surface area contributed by atoms with Crippen LogP contribution in [0.15, 0.2) is 36.4 Å². The van der Waals surface area contributed by atoms with Crippen molar-refractivity contribution in [2.75, 3.05) is 0 Å². The van der Waals surface area contributed by atoms with Crippen LogP contribution < -0.4 is 4.74 Å². The molecule has 0 aliphatic carbocycles. The summed E-state index contributed by atoms with van der Waals surface area (Å²) in [5.74, 6) is 0.302. The van der Waals surface area contributed by atoms with Gasteiger partial charge in [0, 0.05) is 16.7 Å². The van der Waals surface area contributed by atoms with E-state index >= 15 is 0 Å². The number of hydrogen-bond donors (Lipinski definition) is 1. The highest BCUT2D eigenvalue weighted by molar-refractivity contribution is 6.32. The van der Waals surface area contributed by atoms with E-state index < -0.39 is 4.92 Å². The molecular formula is C14H11Cl2NO4. The standard InChI is InChI=1S/C14H11Cl2NO4/c15-11-4-5-13(17(19)20)10(6-11)8-21-14-9(7-18)2-1-3-12(14)16/h1-6,18H,7-8H2. The molecule has 0 aromatic heterocycles. The Morgan fingerprint density at radius 2 is 1.95 bits per heavy atom. The maximum absolute atomic E-state index is 11.0. The molecule has 0 amide bonds. The summed E-state index contributed by atoms with van der Waals surface area (Å²) >= 11 is 11.9. The van der Waals surface area contributed by atoms with Crippen LogP contribution in [0.2, 0.25) is 10.0 Å². The van der Waals surface area contributed by atoms with Crippen LogP contribution in [0.25, 0.3) is 0 Å². The third-order valence-electron chi connectivity index (χ3n) is 2.83. The summed E-state index contributed by atoms with van der Waals surface area (Å²) in [6, 6.07) is 9.19. The van der Waals surface area contributed by atoms with Crippen molar-refractivity contribution in [3.63, 3.8) is 0 Å². The molecule has 0 saturated carbocycles. The molecule has 0 heterocycles. The van der Waals surface area contributed by atoms with Gasteiger partial charge in [-0.3, -0.25) is 10.1 Å². The van der Waals surface area contributed by atoms with Gasteiger partial charge in [0.1, 0.15) is 12.4 Å². The molecule has 2 aromatic rings. The lowest BCUT2D eigenvalue weighted by atomic mass is 10.2. The number of halogens is 2. The molecule has 0 aliphatic heterocycles. The fourth-order valence-corrected chi connectivity index (χ4v) is 2.28. The maximum Gasteiger partial charge on any atom is 0.276 e. The van der Waals surface area contributed by atoms with E-state index in [1.165, 1.54) is 18.2 Å². The molecule has 2 rings (SSSR count). The third kappa shape index (κ3) is 3.64. The lowest BCUT2D eigenvalue weighted by Crippen LogP contribution is -2.03. The average molecular weight is 328 g/mol. The van der Waals surface area contributed by atoms with Crippen molar-refractivity contribution in [2.24, 2.45) is 0 Å². The predicted octanol–water partition coefficient (Wildman–Crippen LogP) is 3.97. The van der Waals surface area contributed by atoms with E-state index in [0.717, 1.165) is 0 Å². The molecule has 2 aromatic carbocycles. The molecule has 1 N–H and O–H groups in total. The van der Waals surface area contributed by atoms with E-state index in [4.69, 9.17) is 27.9 Å². The van der Waals surface area contributed by atoms with Crippen LogP contribution in [0.3, 0.4) is 0 Å². The fourth-order valence-electron chi connectivity index (χ4n) is 1.84. The largest absolute Gasteiger partial charge is 0.487 e. The van der Waals surface area contributed by atoms with Crippen molar-refractivity contribution in [2.45, 2.75) is 13.2 Å². The molecule has 5 nitrogen and oxygen atoms in total. The topological polar surface area (TPSA) is 72.6 Å². The fraction of sp³-hybridized carbons (Fsp3) is 0.143. The Morgan fingerprint density at radius 1 is 1.19 bits per heavy atom. The summed E-state index contributed by atoms with van der Waals surface area (Å²) in [4.78, 5) is 10.5. The van der Waals surface area contributed by atoms with Gasteiger partial charge in [0.05, 0.1) is 22.1 Å². The van der Waals surface area contributed by atoms with E-state index in [0.29, 0.717) is 26.9 Å². The smallest absolute Gasteiger partial charge is 0.276 e. The van der Waals surface area contributed by atoms with E-state index in [1.54, 1.807) is 18.2 Å². The van der Waals surface area contributed by atoms with Crippen LogP contribution in [0, 0.1) is 10.1 Å². The first-order valence-corrected chi connectivity index (χ1v) is 6.72. The second kappa shape index (κ2) is 6.76. The number of nitro benzene ring substituents is 1. The van der Waals surface area contributed by atoms with Gasteiger partial charge in [0.15, 0.2) is 0 Å². The Morgan fingerprint density at radius 3 is 2.62 bits per heavy atom. The van der Waals surface area contributed by atoms with Crippen LogP contribution in [0.5, 0.6) is 5.75 Å². The Kier molecular flexibility index (Phi) is 5.01. The number of rotatable bonds is 5. The van der Waals surface area contributed by atoms with Gasteiger partial charge in [-0.2, -0.15) is 0 Å². The quantitative estimate of drug-likeness (QED) is 0.666. The minimum Gasteiger partial charge on any atom is -0.487 e. The summed E-state index contributed by atoms with van der Waals surface area (Å²) in [6.07, 6.45) is 0. The second-order valence-corrected chi connectivity index (χ2v) is 5.05. The zero-order valence-electron chi connectivity index (χ0n) is 10.8. The summed E-state index contributed by atoms with van der Waals surface area (Å²) in [7, 11) is 0. The monoisotopic (exact) mass is 327 g/mol. The lowest BCUT2D eigenvalue weighted by Gasteiger charge is -2.12. The van der Waals surface area contributed by atoms with E-state index in [-0.39, 0.29) is 18.9 Å². The number of aliphatic hydroxyl groups is 1. The highest BCUT2D eigenvalue weighted by Gasteiger charge is 2.16. The van der Waals surface area contributed by atoms with Crippen molar-refractivity contribution in [3.8, 4) is 5.75 Å². The first-order chi connectivity index (χ1) is 10.0. The number of aliphatic hydroxyl groups excluding tert-OH is 1.